The molecule has 2 aliphatic heterocycles. The highest BCUT2D eigenvalue weighted by molar-refractivity contribution is 5.76. The molecule has 0 amide bonds. The predicted octanol–water partition coefficient (Wildman–Crippen LogP) is 4.24. The Balaban J connectivity index is 1.49. The van der Waals surface area contributed by atoms with Crippen LogP contribution in [0.2, 0.25) is 0 Å². The van der Waals surface area contributed by atoms with E-state index in [2.05, 4.69) is 87.6 Å². The van der Waals surface area contributed by atoms with Crippen LogP contribution in [-0.2, 0) is 0 Å². The van der Waals surface area contributed by atoms with E-state index in [0.717, 1.165) is 18.8 Å². The summed E-state index contributed by atoms with van der Waals surface area (Å²) in [6, 6.07) is 16.8. The van der Waals surface area contributed by atoms with Crippen LogP contribution in [0.4, 0.5) is 22.7 Å². The van der Waals surface area contributed by atoms with Crippen molar-refractivity contribution in [1.82, 2.24) is 0 Å². The number of rotatable bonds is 3. The molecule has 0 N–H and O–H groups in total. The number of para-hydroxylation sites is 2. The second-order valence-corrected chi connectivity index (χ2v) is 6.48. The first-order valence-corrected chi connectivity index (χ1v) is 8.54. The van der Waals surface area contributed by atoms with Crippen molar-refractivity contribution in [3.63, 3.8) is 0 Å². The quantitative estimate of drug-likeness (QED) is 0.793. The molecule has 0 saturated carbocycles. The highest BCUT2D eigenvalue weighted by Gasteiger charge is 2.30. The fourth-order valence-corrected chi connectivity index (χ4v) is 3.55. The number of hydrogen-bond acceptors (Lipinski definition) is 5. The van der Waals surface area contributed by atoms with Gasteiger partial charge in [0.1, 0.15) is 0 Å². The van der Waals surface area contributed by atoms with Crippen molar-refractivity contribution in [3.8, 4) is 0 Å². The Bertz CT molecular complexity index is 705. The molecule has 4 rings (SSSR count). The Hall–Kier alpha value is -2.56. The summed E-state index contributed by atoms with van der Waals surface area (Å²) >= 11 is 0. The van der Waals surface area contributed by atoms with Gasteiger partial charge in [0, 0.05) is 32.9 Å². The molecule has 0 bridgehead atoms. The number of hydrogen-bond donors (Lipinski definition) is 0. The van der Waals surface area contributed by atoms with Gasteiger partial charge in [-0.05, 0) is 49.2 Å². The van der Waals surface area contributed by atoms with Crippen molar-refractivity contribution >= 4 is 22.7 Å². The van der Waals surface area contributed by atoms with Gasteiger partial charge in [-0.3, -0.25) is 0 Å². The molecule has 5 nitrogen and oxygen atoms in total. The Morgan fingerprint density at radius 1 is 0.833 bits per heavy atom. The van der Waals surface area contributed by atoms with Gasteiger partial charge < -0.3 is 14.7 Å². The minimum absolute atomic E-state index is 0.0966. The lowest BCUT2D eigenvalue weighted by atomic mass is 10.2. The van der Waals surface area contributed by atoms with E-state index in [0.29, 0.717) is 0 Å². The smallest absolute Gasteiger partial charge is 0.218 e. The van der Waals surface area contributed by atoms with E-state index in [4.69, 9.17) is 0 Å². The average molecular weight is 321 g/mol. The molecule has 1 fully saturated rings. The molecule has 0 atom stereocenters. The SMILES string of the molecule is CN1c2ccccc2N(C)C1N=Nc1ccc(N2CCCC2)cc1. The number of azo groups is 1. The summed E-state index contributed by atoms with van der Waals surface area (Å²) in [4.78, 5) is 6.73. The summed E-state index contributed by atoms with van der Waals surface area (Å²) in [6.07, 6.45) is 2.49. The topological polar surface area (TPSA) is 34.4 Å². The van der Waals surface area contributed by atoms with Crippen LogP contribution in [0.5, 0.6) is 0 Å². The second-order valence-electron chi connectivity index (χ2n) is 6.48. The van der Waals surface area contributed by atoms with Crippen molar-refractivity contribution in [1.29, 1.82) is 0 Å². The molecule has 0 unspecified atom stereocenters. The summed E-state index contributed by atoms with van der Waals surface area (Å²) in [7, 11) is 4.12. The van der Waals surface area contributed by atoms with E-state index in [-0.39, 0.29) is 6.29 Å². The Morgan fingerprint density at radius 2 is 1.42 bits per heavy atom. The van der Waals surface area contributed by atoms with Crippen molar-refractivity contribution in [2.24, 2.45) is 10.2 Å². The predicted molar refractivity (Wildman–Crippen MR) is 99.4 cm³/mol. The molecular weight excluding hydrogens is 298 g/mol. The second kappa shape index (κ2) is 6.15. The zero-order chi connectivity index (χ0) is 16.5. The van der Waals surface area contributed by atoms with E-state index >= 15 is 0 Å². The molecule has 2 aromatic carbocycles. The van der Waals surface area contributed by atoms with Gasteiger partial charge in [-0.1, -0.05) is 12.1 Å². The minimum atomic E-state index is -0.0966. The molecule has 0 spiro atoms. The molecule has 0 aromatic heterocycles. The Kier molecular flexibility index (Phi) is 3.84. The molecule has 0 aliphatic carbocycles. The number of fused-ring (bicyclic) bond motifs is 1. The maximum absolute atomic E-state index is 4.56. The normalized spacial score (nSPS) is 18.0. The van der Waals surface area contributed by atoms with Crippen molar-refractivity contribution in [2.45, 2.75) is 19.1 Å². The van der Waals surface area contributed by atoms with Gasteiger partial charge in [0.25, 0.3) is 0 Å². The molecule has 1 saturated heterocycles. The summed E-state index contributed by atoms with van der Waals surface area (Å²) < 4.78 is 0. The third kappa shape index (κ3) is 2.60. The number of anilines is 3. The summed E-state index contributed by atoms with van der Waals surface area (Å²) in [5.41, 5.74) is 4.56. The van der Waals surface area contributed by atoms with Crippen molar-refractivity contribution in [2.75, 3.05) is 41.9 Å². The zero-order valence-corrected chi connectivity index (χ0v) is 14.3. The zero-order valence-electron chi connectivity index (χ0n) is 14.3. The lowest BCUT2D eigenvalue weighted by Gasteiger charge is -2.22. The first-order valence-electron chi connectivity index (χ1n) is 8.54. The molecule has 2 aromatic rings. The van der Waals surface area contributed by atoms with Gasteiger partial charge in [-0.25, -0.2) is 0 Å². The van der Waals surface area contributed by atoms with E-state index < -0.39 is 0 Å². The van der Waals surface area contributed by atoms with Crippen LogP contribution in [0.15, 0.2) is 58.8 Å². The third-order valence-electron chi connectivity index (χ3n) is 4.93. The van der Waals surface area contributed by atoms with Crippen LogP contribution in [0, 0.1) is 0 Å². The van der Waals surface area contributed by atoms with Crippen LogP contribution < -0.4 is 14.7 Å². The average Bonchev–Trinajstić information content (AvgIpc) is 3.23. The first-order chi connectivity index (χ1) is 11.7. The molecule has 5 heteroatoms. The molecule has 2 heterocycles. The highest BCUT2D eigenvalue weighted by Crippen LogP contribution is 2.38. The molecular formula is C19H23N5. The largest absolute Gasteiger partial charge is 0.372 e. The maximum Gasteiger partial charge on any atom is 0.218 e. The lowest BCUT2D eigenvalue weighted by Crippen LogP contribution is -2.36. The van der Waals surface area contributed by atoms with Crippen molar-refractivity contribution < 1.29 is 0 Å². The lowest BCUT2D eigenvalue weighted by molar-refractivity contribution is 0.649. The number of benzene rings is 2. The summed E-state index contributed by atoms with van der Waals surface area (Å²) in [5.74, 6) is 0. The van der Waals surface area contributed by atoms with Crippen LogP contribution >= 0.6 is 0 Å². The van der Waals surface area contributed by atoms with E-state index in [9.17, 15) is 0 Å². The van der Waals surface area contributed by atoms with E-state index in [1.807, 2.05) is 0 Å². The van der Waals surface area contributed by atoms with Crippen LogP contribution in [0.3, 0.4) is 0 Å². The van der Waals surface area contributed by atoms with Crippen LogP contribution in [-0.4, -0.2) is 33.5 Å². The monoisotopic (exact) mass is 321 g/mol. The molecule has 2 aliphatic rings. The van der Waals surface area contributed by atoms with Gasteiger partial charge in [0.15, 0.2) is 0 Å². The summed E-state index contributed by atoms with van der Waals surface area (Å²) in [6.45, 7) is 2.33. The van der Waals surface area contributed by atoms with Gasteiger partial charge in [0.05, 0.1) is 17.1 Å². The van der Waals surface area contributed by atoms with Crippen LogP contribution in [0.25, 0.3) is 0 Å². The first kappa shape index (κ1) is 15.0. The fraction of sp³-hybridized carbons (Fsp3) is 0.368. The van der Waals surface area contributed by atoms with Crippen LogP contribution in [0.1, 0.15) is 12.8 Å². The summed E-state index contributed by atoms with van der Waals surface area (Å²) in [5, 5.41) is 9.02. The van der Waals surface area contributed by atoms with E-state index in [1.54, 1.807) is 0 Å². The van der Waals surface area contributed by atoms with Gasteiger partial charge in [0.2, 0.25) is 6.29 Å². The third-order valence-corrected chi connectivity index (χ3v) is 4.93. The maximum atomic E-state index is 4.56. The van der Waals surface area contributed by atoms with E-state index in [1.165, 1.54) is 29.9 Å². The molecule has 0 radical (unpaired) electrons. The van der Waals surface area contributed by atoms with Gasteiger partial charge in [-0.2, -0.15) is 5.11 Å². The molecule has 124 valence electrons. The van der Waals surface area contributed by atoms with Crippen molar-refractivity contribution in [3.05, 3.63) is 48.5 Å². The minimum Gasteiger partial charge on any atom is -0.372 e. The fourth-order valence-electron chi connectivity index (χ4n) is 3.55. The van der Waals surface area contributed by atoms with Gasteiger partial charge in [-0.15, -0.1) is 5.11 Å². The molecule has 24 heavy (non-hydrogen) atoms. The Morgan fingerprint density at radius 3 is 2.00 bits per heavy atom. The Labute approximate surface area is 143 Å². The van der Waals surface area contributed by atoms with Gasteiger partial charge >= 0.3 is 0 Å². The number of nitrogens with zero attached hydrogens (tertiary/aromatic N) is 5. The highest BCUT2D eigenvalue weighted by atomic mass is 15.5. The standard InChI is InChI=1S/C19H23N5/c1-22-17-7-3-4-8-18(17)23(2)19(22)21-20-15-9-11-16(12-10-15)24-13-5-6-14-24/h3-4,7-12,19H,5-6,13-14H2,1-2H3.